The Morgan fingerprint density at radius 2 is 2.06 bits per heavy atom. The number of benzene rings is 1. The molecule has 16 heavy (non-hydrogen) atoms. The van der Waals surface area contributed by atoms with Crippen molar-refractivity contribution in [2.75, 3.05) is 0 Å². The second kappa shape index (κ2) is 4.60. The summed E-state index contributed by atoms with van der Waals surface area (Å²) < 4.78 is 13.6. The Morgan fingerprint density at radius 3 is 2.75 bits per heavy atom. The van der Waals surface area contributed by atoms with Crippen LogP contribution in [-0.4, -0.2) is 4.98 Å². The van der Waals surface area contributed by atoms with Crippen molar-refractivity contribution < 1.29 is 4.39 Å². The summed E-state index contributed by atoms with van der Waals surface area (Å²) in [5.41, 5.74) is 7.56. The molecular formula is C12H10ClFN2. The van der Waals surface area contributed by atoms with Gasteiger partial charge in [-0.15, -0.1) is 0 Å². The molecule has 0 aliphatic heterocycles. The van der Waals surface area contributed by atoms with Crippen LogP contribution in [0.2, 0.25) is 5.02 Å². The van der Waals surface area contributed by atoms with Gasteiger partial charge in [0.05, 0.1) is 0 Å². The third kappa shape index (κ3) is 2.21. The van der Waals surface area contributed by atoms with Crippen LogP contribution in [0.4, 0.5) is 4.39 Å². The van der Waals surface area contributed by atoms with Gasteiger partial charge in [0, 0.05) is 35.1 Å². The van der Waals surface area contributed by atoms with Crippen molar-refractivity contribution in [3.8, 4) is 11.1 Å². The third-order valence-corrected chi connectivity index (χ3v) is 2.51. The molecular weight excluding hydrogens is 227 g/mol. The Bertz CT molecular complexity index is 514. The zero-order valence-corrected chi connectivity index (χ0v) is 9.21. The lowest BCUT2D eigenvalue weighted by molar-refractivity contribution is 0.631. The fourth-order valence-electron chi connectivity index (χ4n) is 1.47. The van der Waals surface area contributed by atoms with Gasteiger partial charge in [-0.1, -0.05) is 11.6 Å². The zero-order valence-electron chi connectivity index (χ0n) is 8.45. The number of pyridine rings is 1. The molecule has 0 unspecified atom stereocenters. The van der Waals surface area contributed by atoms with Crippen molar-refractivity contribution >= 4 is 11.6 Å². The van der Waals surface area contributed by atoms with Crippen molar-refractivity contribution in [1.29, 1.82) is 0 Å². The minimum Gasteiger partial charge on any atom is -0.326 e. The lowest BCUT2D eigenvalue weighted by atomic mass is 10.1. The summed E-state index contributed by atoms with van der Waals surface area (Å²) in [5, 5.41) is 0.379. The Labute approximate surface area is 97.9 Å². The van der Waals surface area contributed by atoms with Gasteiger partial charge in [-0.05, 0) is 29.8 Å². The van der Waals surface area contributed by atoms with Crippen molar-refractivity contribution in [2.45, 2.75) is 6.54 Å². The Morgan fingerprint density at radius 1 is 1.25 bits per heavy atom. The van der Waals surface area contributed by atoms with Crippen LogP contribution in [0.15, 0.2) is 36.7 Å². The summed E-state index contributed by atoms with van der Waals surface area (Å²) in [4.78, 5) is 4.02. The quantitative estimate of drug-likeness (QED) is 0.871. The molecule has 1 aromatic carbocycles. The molecule has 0 atom stereocenters. The van der Waals surface area contributed by atoms with E-state index in [1.54, 1.807) is 24.5 Å². The van der Waals surface area contributed by atoms with E-state index in [4.69, 9.17) is 17.3 Å². The normalized spacial score (nSPS) is 10.4. The Kier molecular flexibility index (Phi) is 3.17. The van der Waals surface area contributed by atoms with E-state index >= 15 is 0 Å². The highest BCUT2D eigenvalue weighted by atomic mass is 35.5. The number of nitrogens with zero attached hydrogens (tertiary/aromatic N) is 1. The molecule has 2 rings (SSSR count). The molecule has 2 nitrogen and oxygen atoms in total. The number of hydrogen-bond donors (Lipinski definition) is 1. The average Bonchev–Trinajstić information content (AvgIpc) is 2.29. The molecule has 2 aromatic rings. The van der Waals surface area contributed by atoms with E-state index in [-0.39, 0.29) is 5.82 Å². The molecule has 4 heteroatoms. The highest BCUT2D eigenvalue weighted by Crippen LogP contribution is 2.25. The van der Waals surface area contributed by atoms with E-state index in [1.807, 2.05) is 6.07 Å². The fourth-order valence-corrected chi connectivity index (χ4v) is 1.63. The number of halogens is 2. The van der Waals surface area contributed by atoms with Gasteiger partial charge in [-0.2, -0.15) is 0 Å². The lowest BCUT2D eigenvalue weighted by Crippen LogP contribution is -1.97. The van der Waals surface area contributed by atoms with Crippen molar-refractivity contribution in [3.63, 3.8) is 0 Å². The summed E-state index contributed by atoms with van der Waals surface area (Å²) >= 11 is 5.69. The summed E-state index contributed by atoms with van der Waals surface area (Å²) in [7, 11) is 0. The minimum absolute atomic E-state index is 0.358. The molecule has 0 radical (unpaired) electrons. The number of hydrogen-bond acceptors (Lipinski definition) is 2. The molecule has 0 fully saturated rings. The van der Waals surface area contributed by atoms with Crippen LogP contribution < -0.4 is 5.73 Å². The van der Waals surface area contributed by atoms with Crippen molar-refractivity contribution in [1.82, 2.24) is 4.98 Å². The van der Waals surface area contributed by atoms with Crippen LogP contribution in [0.5, 0.6) is 0 Å². The molecule has 1 aromatic heterocycles. The van der Waals surface area contributed by atoms with Gasteiger partial charge in [0.25, 0.3) is 0 Å². The molecule has 0 saturated heterocycles. The SMILES string of the molecule is NCc1cncc(-c2ccc(Cl)cc2F)c1. The predicted octanol–water partition coefficient (Wildman–Crippen LogP) is 3.00. The average molecular weight is 237 g/mol. The van der Waals surface area contributed by atoms with E-state index in [2.05, 4.69) is 4.98 Å². The Balaban J connectivity index is 2.49. The van der Waals surface area contributed by atoms with Crippen LogP contribution in [-0.2, 0) is 6.54 Å². The zero-order chi connectivity index (χ0) is 11.5. The van der Waals surface area contributed by atoms with Gasteiger partial charge in [0.2, 0.25) is 0 Å². The smallest absolute Gasteiger partial charge is 0.132 e. The number of aromatic nitrogens is 1. The fraction of sp³-hybridized carbons (Fsp3) is 0.0833. The second-order valence-corrected chi connectivity index (χ2v) is 3.85. The largest absolute Gasteiger partial charge is 0.326 e. The molecule has 0 aliphatic carbocycles. The molecule has 2 N–H and O–H groups in total. The van der Waals surface area contributed by atoms with Gasteiger partial charge >= 0.3 is 0 Å². The maximum Gasteiger partial charge on any atom is 0.132 e. The molecule has 82 valence electrons. The van der Waals surface area contributed by atoms with Crippen molar-refractivity contribution in [2.24, 2.45) is 5.73 Å². The summed E-state index contributed by atoms with van der Waals surface area (Å²) in [6.45, 7) is 0.385. The van der Waals surface area contributed by atoms with E-state index < -0.39 is 0 Å². The third-order valence-electron chi connectivity index (χ3n) is 2.27. The molecule has 0 bridgehead atoms. The van der Waals surface area contributed by atoms with Crippen molar-refractivity contribution in [3.05, 3.63) is 53.1 Å². The first-order valence-electron chi connectivity index (χ1n) is 4.80. The standard InChI is InChI=1S/C12H10ClFN2/c13-10-1-2-11(12(14)4-10)9-3-8(5-15)6-16-7-9/h1-4,6-7H,5,15H2. The summed E-state index contributed by atoms with van der Waals surface area (Å²) in [5.74, 6) is -0.358. The van der Waals surface area contributed by atoms with Crippen LogP contribution in [0.1, 0.15) is 5.56 Å². The molecule has 0 aliphatic rings. The van der Waals surface area contributed by atoms with Gasteiger partial charge in [-0.25, -0.2) is 4.39 Å². The Hall–Kier alpha value is -1.45. The molecule has 0 spiro atoms. The van der Waals surface area contributed by atoms with Crippen LogP contribution in [0.25, 0.3) is 11.1 Å². The maximum absolute atomic E-state index is 13.6. The number of nitrogens with two attached hydrogens (primary N) is 1. The van der Waals surface area contributed by atoms with E-state index in [0.29, 0.717) is 22.7 Å². The van der Waals surface area contributed by atoms with Crippen LogP contribution in [0, 0.1) is 5.82 Å². The summed E-state index contributed by atoms with van der Waals surface area (Å²) in [6, 6.07) is 6.38. The topological polar surface area (TPSA) is 38.9 Å². The highest BCUT2D eigenvalue weighted by molar-refractivity contribution is 6.30. The van der Waals surface area contributed by atoms with E-state index in [0.717, 1.165) is 5.56 Å². The molecule has 0 saturated carbocycles. The van der Waals surface area contributed by atoms with Crippen LogP contribution >= 0.6 is 11.6 Å². The minimum atomic E-state index is -0.358. The van der Waals surface area contributed by atoms with Gasteiger partial charge in [0.1, 0.15) is 5.82 Å². The van der Waals surface area contributed by atoms with Crippen LogP contribution in [0.3, 0.4) is 0 Å². The first-order chi connectivity index (χ1) is 7.70. The van der Waals surface area contributed by atoms with E-state index in [9.17, 15) is 4.39 Å². The van der Waals surface area contributed by atoms with Gasteiger partial charge in [-0.3, -0.25) is 4.98 Å². The van der Waals surface area contributed by atoms with Gasteiger partial charge < -0.3 is 5.73 Å². The van der Waals surface area contributed by atoms with E-state index in [1.165, 1.54) is 6.07 Å². The summed E-state index contributed by atoms with van der Waals surface area (Å²) in [6.07, 6.45) is 3.27. The second-order valence-electron chi connectivity index (χ2n) is 3.41. The number of rotatable bonds is 2. The van der Waals surface area contributed by atoms with Gasteiger partial charge in [0.15, 0.2) is 0 Å². The molecule has 0 amide bonds. The maximum atomic E-state index is 13.6. The predicted molar refractivity (Wildman–Crippen MR) is 62.5 cm³/mol. The highest BCUT2D eigenvalue weighted by Gasteiger charge is 2.06. The first kappa shape index (κ1) is 11.0. The first-order valence-corrected chi connectivity index (χ1v) is 5.18. The lowest BCUT2D eigenvalue weighted by Gasteiger charge is -2.05. The molecule has 1 heterocycles. The monoisotopic (exact) mass is 236 g/mol.